The van der Waals surface area contributed by atoms with Crippen LogP contribution in [0.1, 0.15) is 26.7 Å². The van der Waals surface area contributed by atoms with E-state index in [1.165, 1.54) is 0 Å². The molecule has 0 aromatic carbocycles. The Morgan fingerprint density at radius 1 is 1.59 bits per heavy atom. The van der Waals surface area contributed by atoms with Crippen molar-refractivity contribution < 1.29 is 14.6 Å². The zero-order valence-electron chi connectivity index (χ0n) is 10.6. The molecule has 0 saturated carbocycles. The molecule has 2 heterocycles. The molecule has 3 atom stereocenters. The molecule has 98 valence electrons. The van der Waals surface area contributed by atoms with E-state index in [9.17, 15) is 9.90 Å². The molecule has 2 aliphatic rings. The molecule has 0 bridgehead atoms. The third kappa shape index (κ3) is 2.46. The summed E-state index contributed by atoms with van der Waals surface area (Å²) in [4.78, 5) is 12.1. The van der Waals surface area contributed by atoms with Gasteiger partial charge in [-0.3, -0.25) is 4.79 Å². The fourth-order valence-corrected chi connectivity index (χ4v) is 2.46. The van der Waals surface area contributed by atoms with Gasteiger partial charge in [-0.25, -0.2) is 0 Å². The van der Waals surface area contributed by atoms with Crippen LogP contribution in [0.3, 0.4) is 0 Å². The predicted octanol–water partition coefficient (Wildman–Crippen LogP) is -0.358. The monoisotopic (exact) mass is 242 g/mol. The van der Waals surface area contributed by atoms with Crippen molar-refractivity contribution in [1.29, 1.82) is 0 Å². The van der Waals surface area contributed by atoms with E-state index in [1.807, 2.05) is 13.8 Å². The highest BCUT2D eigenvalue weighted by Gasteiger charge is 2.42. The summed E-state index contributed by atoms with van der Waals surface area (Å²) in [5.41, 5.74) is -1.24. The van der Waals surface area contributed by atoms with Gasteiger partial charge in [0, 0.05) is 26.1 Å². The lowest BCUT2D eigenvalue weighted by atomic mass is 9.88. The SMILES string of the molecule is CC1OCCC1(O)CNC(=O)C1(C)CCNC1. The molecule has 3 N–H and O–H groups in total. The Labute approximate surface area is 102 Å². The second-order valence-electron chi connectivity index (χ2n) is 5.54. The summed E-state index contributed by atoms with van der Waals surface area (Å²) in [7, 11) is 0. The van der Waals surface area contributed by atoms with Crippen molar-refractivity contribution >= 4 is 5.91 Å². The largest absolute Gasteiger partial charge is 0.385 e. The summed E-state index contributed by atoms with van der Waals surface area (Å²) in [6.45, 7) is 6.24. The van der Waals surface area contributed by atoms with E-state index in [0.717, 1.165) is 13.0 Å². The van der Waals surface area contributed by atoms with E-state index in [2.05, 4.69) is 10.6 Å². The smallest absolute Gasteiger partial charge is 0.227 e. The van der Waals surface area contributed by atoms with Crippen LogP contribution in [0.2, 0.25) is 0 Å². The average Bonchev–Trinajstić information content (AvgIpc) is 2.86. The molecule has 17 heavy (non-hydrogen) atoms. The Kier molecular flexibility index (Phi) is 3.43. The normalized spacial score (nSPS) is 41.7. The van der Waals surface area contributed by atoms with Crippen LogP contribution < -0.4 is 10.6 Å². The van der Waals surface area contributed by atoms with Gasteiger partial charge in [0.15, 0.2) is 0 Å². The molecule has 3 unspecified atom stereocenters. The summed E-state index contributed by atoms with van der Waals surface area (Å²) < 4.78 is 5.34. The molecule has 0 spiro atoms. The van der Waals surface area contributed by atoms with E-state index in [4.69, 9.17) is 4.74 Å². The maximum absolute atomic E-state index is 12.1. The van der Waals surface area contributed by atoms with Gasteiger partial charge in [-0.1, -0.05) is 0 Å². The minimum Gasteiger partial charge on any atom is -0.385 e. The Morgan fingerprint density at radius 3 is 2.88 bits per heavy atom. The van der Waals surface area contributed by atoms with Gasteiger partial charge in [-0.15, -0.1) is 0 Å². The molecular weight excluding hydrogens is 220 g/mol. The maximum atomic E-state index is 12.1. The number of ether oxygens (including phenoxy) is 1. The van der Waals surface area contributed by atoms with Gasteiger partial charge in [0.05, 0.1) is 11.5 Å². The topological polar surface area (TPSA) is 70.6 Å². The minimum atomic E-state index is -0.905. The van der Waals surface area contributed by atoms with Crippen molar-refractivity contribution in [3.63, 3.8) is 0 Å². The number of carbonyl (C=O) groups is 1. The van der Waals surface area contributed by atoms with Crippen molar-refractivity contribution in [2.75, 3.05) is 26.2 Å². The second-order valence-corrected chi connectivity index (χ2v) is 5.54. The Balaban J connectivity index is 1.87. The van der Waals surface area contributed by atoms with Crippen LogP contribution in [0.5, 0.6) is 0 Å². The number of rotatable bonds is 3. The Bertz CT molecular complexity index is 302. The molecular formula is C12H22N2O3. The molecule has 0 radical (unpaired) electrons. The van der Waals surface area contributed by atoms with Gasteiger partial charge < -0.3 is 20.5 Å². The van der Waals surface area contributed by atoms with Crippen molar-refractivity contribution in [3.05, 3.63) is 0 Å². The first-order valence-corrected chi connectivity index (χ1v) is 6.29. The molecule has 2 aliphatic heterocycles. The van der Waals surface area contributed by atoms with Crippen molar-refractivity contribution in [1.82, 2.24) is 10.6 Å². The first-order chi connectivity index (χ1) is 7.96. The van der Waals surface area contributed by atoms with Gasteiger partial charge in [0.1, 0.15) is 5.60 Å². The lowest BCUT2D eigenvalue weighted by molar-refractivity contribution is -0.131. The van der Waals surface area contributed by atoms with Crippen LogP contribution in [0.4, 0.5) is 0 Å². The molecule has 5 nitrogen and oxygen atoms in total. The van der Waals surface area contributed by atoms with E-state index in [1.54, 1.807) is 0 Å². The molecule has 5 heteroatoms. The number of carbonyl (C=O) groups excluding carboxylic acids is 1. The zero-order chi connectivity index (χ0) is 12.5. The highest BCUT2D eigenvalue weighted by molar-refractivity contribution is 5.82. The summed E-state index contributed by atoms with van der Waals surface area (Å²) in [5, 5.41) is 16.3. The predicted molar refractivity (Wildman–Crippen MR) is 63.6 cm³/mol. The molecule has 0 aromatic heterocycles. The van der Waals surface area contributed by atoms with Crippen LogP contribution in [0, 0.1) is 5.41 Å². The van der Waals surface area contributed by atoms with Gasteiger partial charge in [0.25, 0.3) is 0 Å². The third-order valence-corrected chi connectivity index (χ3v) is 4.13. The van der Waals surface area contributed by atoms with Crippen molar-refractivity contribution in [3.8, 4) is 0 Å². The standard InChI is InChI=1S/C12H22N2O3/c1-9-12(16,4-6-17-9)8-14-10(15)11(2)3-5-13-7-11/h9,13,16H,3-8H2,1-2H3,(H,14,15). The van der Waals surface area contributed by atoms with Gasteiger partial charge in [-0.2, -0.15) is 0 Å². The quantitative estimate of drug-likeness (QED) is 0.632. The minimum absolute atomic E-state index is 0.0232. The van der Waals surface area contributed by atoms with Crippen LogP contribution in [-0.2, 0) is 9.53 Å². The number of aliphatic hydroxyl groups is 1. The van der Waals surface area contributed by atoms with Crippen molar-refractivity contribution in [2.45, 2.75) is 38.4 Å². The van der Waals surface area contributed by atoms with E-state index < -0.39 is 5.60 Å². The van der Waals surface area contributed by atoms with E-state index in [0.29, 0.717) is 19.6 Å². The molecule has 0 aliphatic carbocycles. The van der Waals surface area contributed by atoms with Crippen LogP contribution in [0.25, 0.3) is 0 Å². The Hall–Kier alpha value is -0.650. The van der Waals surface area contributed by atoms with Gasteiger partial charge in [0.2, 0.25) is 5.91 Å². The van der Waals surface area contributed by atoms with E-state index in [-0.39, 0.29) is 24.0 Å². The van der Waals surface area contributed by atoms with Crippen molar-refractivity contribution in [2.24, 2.45) is 5.41 Å². The summed E-state index contributed by atoms with van der Waals surface area (Å²) in [6.07, 6.45) is 1.23. The first kappa shape index (κ1) is 12.8. The zero-order valence-corrected chi connectivity index (χ0v) is 10.6. The lowest BCUT2D eigenvalue weighted by Gasteiger charge is -2.29. The summed E-state index contributed by atoms with van der Waals surface area (Å²) >= 11 is 0. The van der Waals surface area contributed by atoms with E-state index >= 15 is 0 Å². The highest BCUT2D eigenvalue weighted by Crippen LogP contribution is 2.27. The number of hydrogen-bond donors (Lipinski definition) is 3. The summed E-state index contributed by atoms with van der Waals surface area (Å²) in [5.74, 6) is 0.0232. The molecule has 2 fully saturated rings. The fourth-order valence-electron chi connectivity index (χ4n) is 2.46. The van der Waals surface area contributed by atoms with Crippen LogP contribution >= 0.6 is 0 Å². The first-order valence-electron chi connectivity index (χ1n) is 6.29. The maximum Gasteiger partial charge on any atom is 0.227 e. The number of hydrogen-bond acceptors (Lipinski definition) is 4. The average molecular weight is 242 g/mol. The lowest BCUT2D eigenvalue weighted by Crippen LogP contribution is -2.51. The van der Waals surface area contributed by atoms with Crippen LogP contribution in [-0.4, -0.2) is 49.0 Å². The molecule has 0 aromatic rings. The molecule has 2 saturated heterocycles. The summed E-state index contributed by atoms with van der Waals surface area (Å²) in [6, 6.07) is 0. The molecule has 1 amide bonds. The number of nitrogens with one attached hydrogen (secondary N) is 2. The highest BCUT2D eigenvalue weighted by atomic mass is 16.5. The van der Waals surface area contributed by atoms with Gasteiger partial charge in [-0.05, 0) is 26.8 Å². The number of amides is 1. The fraction of sp³-hybridized carbons (Fsp3) is 0.917. The molecule has 2 rings (SSSR count). The van der Waals surface area contributed by atoms with Crippen LogP contribution in [0.15, 0.2) is 0 Å². The second kappa shape index (κ2) is 4.55. The Morgan fingerprint density at radius 2 is 2.35 bits per heavy atom. The van der Waals surface area contributed by atoms with Gasteiger partial charge >= 0.3 is 0 Å². The third-order valence-electron chi connectivity index (χ3n) is 4.13.